The summed E-state index contributed by atoms with van der Waals surface area (Å²) in [5.74, 6) is 3.33. The van der Waals surface area contributed by atoms with Crippen LogP contribution in [0.25, 0.3) is 0 Å². The van der Waals surface area contributed by atoms with Crippen LogP contribution >= 0.6 is 21.6 Å². The van der Waals surface area contributed by atoms with Crippen LogP contribution in [0.4, 0.5) is 9.59 Å². The largest absolute Gasteiger partial charge is 0.449 e. The van der Waals surface area contributed by atoms with E-state index in [1.54, 1.807) is 15.4 Å². The quantitative estimate of drug-likeness (QED) is 0.0842. The molecule has 11 nitrogen and oxygen atoms in total. The lowest BCUT2D eigenvalue weighted by atomic mass is 9.47. The molecule has 0 bridgehead atoms. The summed E-state index contributed by atoms with van der Waals surface area (Å²) in [7, 11) is 5.31. The summed E-state index contributed by atoms with van der Waals surface area (Å²) in [4.78, 5) is 56.8. The second-order valence-corrected chi connectivity index (χ2v) is 23.7. The molecular formula is C50H68N4O7S2. The van der Waals surface area contributed by atoms with Crippen molar-refractivity contribution in [1.29, 1.82) is 0 Å². The standard InChI is InChI=1S/C50H68N4O7S2/c1-27(2)9-8-10-28(3)35-17-18-36-34-16-13-31-23-33(19-21-48(31,5)37(34)20-22-49(35,36)6)63-62-32-14-11-30(12-15-32)25-61-47(58)54-39-24-53-42-40(44(56)41(51)29(4)43(42)55)38(26-60-46(52)57)50(53,59-7)45(39)54/h11-15,27-28,33-39,45H,8-10,16-26,51H2,1-7H3,(H2,52,57). The summed E-state index contributed by atoms with van der Waals surface area (Å²) >= 11 is 0. The Balaban J connectivity index is 0.774. The van der Waals surface area contributed by atoms with E-state index in [0.717, 1.165) is 41.1 Å². The molecule has 5 fully saturated rings. The first-order chi connectivity index (χ1) is 30.0. The number of carbonyl (C=O) groups is 4. The molecule has 0 spiro atoms. The zero-order valence-corrected chi connectivity index (χ0v) is 39.9. The van der Waals surface area contributed by atoms with Crippen LogP contribution in [-0.2, 0) is 30.4 Å². The third-order valence-electron chi connectivity index (χ3n) is 17.7. The number of hydrogen-bond acceptors (Lipinski definition) is 11. The lowest BCUT2D eigenvalue weighted by Crippen LogP contribution is -2.56. The van der Waals surface area contributed by atoms with Crippen LogP contribution in [0.2, 0.25) is 0 Å². The Morgan fingerprint density at radius 2 is 1.73 bits per heavy atom. The van der Waals surface area contributed by atoms with Crippen LogP contribution < -0.4 is 11.5 Å². The molecule has 342 valence electrons. The van der Waals surface area contributed by atoms with Gasteiger partial charge in [0.15, 0.2) is 5.72 Å². The van der Waals surface area contributed by atoms with Gasteiger partial charge in [-0.15, -0.1) is 0 Å². The monoisotopic (exact) mass is 900 g/mol. The highest BCUT2D eigenvalue weighted by Gasteiger charge is 2.78. The van der Waals surface area contributed by atoms with Crippen LogP contribution in [0.3, 0.4) is 0 Å². The van der Waals surface area contributed by atoms with E-state index in [9.17, 15) is 19.2 Å². The number of primary amides is 1. The fourth-order valence-electron chi connectivity index (χ4n) is 14.4. The summed E-state index contributed by atoms with van der Waals surface area (Å²) < 4.78 is 17.2. The third kappa shape index (κ3) is 7.27. The second kappa shape index (κ2) is 16.8. The predicted molar refractivity (Wildman–Crippen MR) is 246 cm³/mol. The van der Waals surface area contributed by atoms with Crippen LogP contribution in [0, 0.1) is 52.3 Å². The predicted octanol–water partition coefficient (Wildman–Crippen LogP) is 9.55. The number of ketones is 2. The van der Waals surface area contributed by atoms with Gasteiger partial charge < -0.3 is 30.6 Å². The number of Topliss-reactive ketones (excluding diaryl/α,β-unsaturated/α-hetero) is 2. The van der Waals surface area contributed by atoms with Crippen LogP contribution in [-0.4, -0.2) is 76.9 Å². The summed E-state index contributed by atoms with van der Waals surface area (Å²) in [6, 6.07) is 7.35. The molecule has 3 aliphatic heterocycles. The van der Waals surface area contributed by atoms with Crippen molar-refractivity contribution in [2.45, 2.75) is 147 Å². The van der Waals surface area contributed by atoms with Gasteiger partial charge in [-0.3, -0.25) is 14.5 Å². The molecule has 8 aliphatic rings. The number of amides is 2. The van der Waals surface area contributed by atoms with Gasteiger partial charge in [-0.1, -0.05) is 99.3 Å². The molecular weight excluding hydrogens is 833 g/mol. The Labute approximate surface area is 381 Å². The van der Waals surface area contributed by atoms with Crippen molar-refractivity contribution in [3.05, 3.63) is 64.0 Å². The van der Waals surface area contributed by atoms with Gasteiger partial charge >= 0.3 is 12.2 Å². The number of nitrogens with zero attached hydrogens (tertiary/aromatic N) is 2. The number of fused-ring (bicyclic) bond motifs is 9. The van der Waals surface area contributed by atoms with E-state index in [0.29, 0.717) is 16.1 Å². The van der Waals surface area contributed by atoms with Gasteiger partial charge in [0.05, 0.1) is 23.4 Å². The molecule has 0 radical (unpaired) electrons. The molecule has 3 saturated carbocycles. The number of allylic oxidation sites excluding steroid dienone is 4. The zero-order valence-electron chi connectivity index (χ0n) is 38.3. The van der Waals surface area contributed by atoms with E-state index in [2.05, 4.69) is 52.8 Å². The molecule has 1 aromatic rings. The van der Waals surface area contributed by atoms with Crippen molar-refractivity contribution in [2.24, 2.45) is 63.7 Å². The Morgan fingerprint density at radius 3 is 2.44 bits per heavy atom. The minimum absolute atomic E-state index is 0.0889. The highest BCUT2D eigenvalue weighted by Crippen LogP contribution is 2.68. The summed E-state index contributed by atoms with van der Waals surface area (Å²) in [6.45, 7) is 14.2. The highest BCUT2D eigenvalue weighted by molar-refractivity contribution is 8.77. The molecule has 5 aliphatic carbocycles. The Kier molecular flexibility index (Phi) is 11.9. The average molecular weight is 901 g/mol. The van der Waals surface area contributed by atoms with Gasteiger partial charge in [-0.25, -0.2) is 9.59 Å². The normalized spacial score (nSPS) is 36.9. The maximum Gasteiger partial charge on any atom is 0.410 e. The molecule has 3 heterocycles. The molecule has 0 aromatic heterocycles. The topological polar surface area (TPSA) is 154 Å². The molecule has 13 heteroatoms. The fourth-order valence-corrected chi connectivity index (χ4v) is 17.0. The van der Waals surface area contributed by atoms with E-state index in [4.69, 9.17) is 25.7 Å². The van der Waals surface area contributed by atoms with Crippen molar-refractivity contribution in [2.75, 3.05) is 20.3 Å². The van der Waals surface area contributed by atoms with E-state index >= 15 is 0 Å². The number of piperazine rings is 1. The van der Waals surface area contributed by atoms with Gasteiger partial charge in [-0.05, 0) is 122 Å². The van der Waals surface area contributed by atoms with Gasteiger partial charge in [0.2, 0.25) is 11.6 Å². The first-order valence-electron chi connectivity index (χ1n) is 23.7. The van der Waals surface area contributed by atoms with Gasteiger partial charge in [0, 0.05) is 34.9 Å². The summed E-state index contributed by atoms with van der Waals surface area (Å²) in [5.41, 5.74) is 13.8. The summed E-state index contributed by atoms with van der Waals surface area (Å²) in [5, 5.41) is 0.595. The number of carbonyl (C=O) groups excluding carboxylic acids is 4. The molecule has 4 N–H and O–H groups in total. The van der Waals surface area contributed by atoms with Crippen LogP contribution in [0.5, 0.6) is 0 Å². The lowest BCUT2D eigenvalue weighted by molar-refractivity contribution is -0.144. The molecule has 63 heavy (non-hydrogen) atoms. The molecule has 2 amide bonds. The molecule has 2 saturated heterocycles. The van der Waals surface area contributed by atoms with Gasteiger partial charge in [0.1, 0.15) is 19.3 Å². The van der Waals surface area contributed by atoms with Gasteiger partial charge in [-0.2, -0.15) is 0 Å². The first kappa shape index (κ1) is 44.8. The van der Waals surface area contributed by atoms with Crippen molar-refractivity contribution < 1.29 is 33.4 Å². The fraction of sp³-hybridized carbons (Fsp3) is 0.680. The number of hydrogen-bond donors (Lipinski definition) is 2. The van der Waals surface area contributed by atoms with Crippen molar-refractivity contribution in [3.63, 3.8) is 0 Å². The van der Waals surface area contributed by atoms with E-state index in [1.807, 2.05) is 33.7 Å². The number of methoxy groups -OCH3 is 1. The number of ether oxygens (including phenoxy) is 3. The minimum atomic E-state index is -1.34. The van der Waals surface area contributed by atoms with Gasteiger partial charge in [0.25, 0.3) is 0 Å². The van der Waals surface area contributed by atoms with Crippen molar-refractivity contribution in [1.82, 2.24) is 9.80 Å². The molecule has 12 unspecified atom stereocenters. The smallest absolute Gasteiger partial charge is 0.410 e. The third-order valence-corrected chi connectivity index (χ3v) is 20.6. The van der Waals surface area contributed by atoms with Crippen molar-refractivity contribution >= 4 is 45.3 Å². The zero-order chi connectivity index (χ0) is 44.7. The van der Waals surface area contributed by atoms with E-state index in [-0.39, 0.29) is 54.1 Å². The van der Waals surface area contributed by atoms with Crippen molar-refractivity contribution in [3.8, 4) is 0 Å². The lowest BCUT2D eigenvalue weighted by Gasteiger charge is -2.58. The Morgan fingerprint density at radius 1 is 0.968 bits per heavy atom. The van der Waals surface area contributed by atoms with E-state index < -0.39 is 35.7 Å². The maximum absolute atomic E-state index is 13.6. The minimum Gasteiger partial charge on any atom is -0.449 e. The summed E-state index contributed by atoms with van der Waals surface area (Å²) in [6.07, 6.45) is 16.1. The highest BCUT2D eigenvalue weighted by atomic mass is 33.1. The number of benzene rings is 1. The Bertz CT molecular complexity index is 2140. The molecule has 1 aromatic carbocycles. The maximum atomic E-state index is 13.6. The second-order valence-electron chi connectivity index (χ2n) is 21.2. The SMILES string of the molecule is COC12C(COC(N)=O)C3=C(C(=O)C(C)=C(N)C3=O)N1CC1C2N1C(=O)OCc1ccc(SSC2CCC3(C)C(=CCC4C3CCC3(C)C(C(C)CCCC(C)C)CCC43)C2)cc1. The van der Waals surface area contributed by atoms with Crippen LogP contribution in [0.1, 0.15) is 118 Å². The molecule has 9 rings (SSSR count). The van der Waals surface area contributed by atoms with Crippen LogP contribution in [0.15, 0.2) is 63.4 Å². The number of rotatable bonds is 13. The number of nitrogens with two attached hydrogens (primary N) is 2. The van der Waals surface area contributed by atoms with E-state index in [1.165, 1.54) is 89.6 Å². The average Bonchev–Trinajstić information content (AvgIpc) is 3.55. The first-order valence-corrected chi connectivity index (χ1v) is 25.9. The Hall–Kier alpha value is -3.42. The molecule has 12 atom stereocenters.